The van der Waals surface area contributed by atoms with E-state index < -0.39 is 42.5 Å². The molecule has 1 fully saturated rings. The van der Waals surface area contributed by atoms with Crippen LogP contribution in [0.4, 0.5) is 23.7 Å². The van der Waals surface area contributed by atoms with Crippen LogP contribution < -0.4 is 24.8 Å². The van der Waals surface area contributed by atoms with Crippen molar-refractivity contribution in [3.05, 3.63) is 48.0 Å². The molecule has 9 nitrogen and oxygen atoms in total. The van der Waals surface area contributed by atoms with Crippen molar-refractivity contribution in [2.75, 3.05) is 18.7 Å². The van der Waals surface area contributed by atoms with Gasteiger partial charge in [-0.05, 0) is 18.2 Å². The van der Waals surface area contributed by atoms with Crippen LogP contribution >= 0.6 is 0 Å². The first kappa shape index (κ1) is 20.3. The van der Waals surface area contributed by atoms with E-state index in [1.165, 1.54) is 24.3 Å². The smallest absolute Gasteiger partial charge is 0.454 e. The molecule has 0 radical (unpaired) electrons. The molecule has 2 aromatic rings. The number of alkyl halides is 3. The zero-order valence-corrected chi connectivity index (χ0v) is 15.6. The molecule has 0 spiro atoms. The lowest BCUT2D eigenvalue weighted by Gasteiger charge is -2.16. The molecule has 12 heteroatoms. The van der Waals surface area contributed by atoms with E-state index in [1.807, 2.05) is 0 Å². The molecule has 1 atom stereocenters. The number of halogens is 3. The number of hydrogen-bond donors (Lipinski definition) is 2. The van der Waals surface area contributed by atoms with Crippen molar-refractivity contribution >= 4 is 23.5 Å². The third-order valence-corrected chi connectivity index (χ3v) is 4.44. The van der Waals surface area contributed by atoms with Gasteiger partial charge in [0.15, 0.2) is 11.5 Å². The summed E-state index contributed by atoms with van der Waals surface area (Å²) in [6.07, 6.45) is -4.98. The van der Waals surface area contributed by atoms with Crippen LogP contribution in [0.2, 0.25) is 0 Å². The number of nitrogens with zero attached hydrogens (tertiary/aromatic N) is 1. The fourth-order valence-corrected chi connectivity index (χ4v) is 3.13. The molecule has 4 amide bonds. The lowest BCUT2D eigenvalue weighted by Crippen LogP contribution is -2.38. The van der Waals surface area contributed by atoms with Crippen LogP contribution in [0.25, 0.3) is 0 Å². The summed E-state index contributed by atoms with van der Waals surface area (Å²) in [7, 11) is 0. The molecule has 2 aliphatic rings. The van der Waals surface area contributed by atoms with E-state index in [0.29, 0.717) is 22.1 Å². The number of amides is 4. The maximum atomic E-state index is 12.7. The molecule has 2 aromatic carbocycles. The number of fused-ring (bicyclic) bond motifs is 1. The van der Waals surface area contributed by atoms with Crippen LogP contribution in [0.5, 0.6) is 17.2 Å². The third-order valence-electron chi connectivity index (χ3n) is 4.44. The van der Waals surface area contributed by atoms with Crippen LogP contribution in [0.15, 0.2) is 42.5 Å². The highest BCUT2D eigenvalue weighted by Gasteiger charge is 2.42. The van der Waals surface area contributed by atoms with Crippen molar-refractivity contribution in [3.8, 4) is 17.2 Å². The van der Waals surface area contributed by atoms with E-state index in [4.69, 9.17) is 9.47 Å². The predicted molar refractivity (Wildman–Crippen MR) is 97.3 cm³/mol. The van der Waals surface area contributed by atoms with Crippen LogP contribution in [0.1, 0.15) is 11.6 Å². The summed E-state index contributed by atoms with van der Waals surface area (Å²) in [6.45, 7) is -0.589. The van der Waals surface area contributed by atoms with Gasteiger partial charge in [0.05, 0.1) is 0 Å². The van der Waals surface area contributed by atoms with Gasteiger partial charge in [-0.3, -0.25) is 14.5 Å². The van der Waals surface area contributed by atoms with E-state index in [9.17, 15) is 27.6 Å². The van der Waals surface area contributed by atoms with Gasteiger partial charge < -0.3 is 24.8 Å². The minimum atomic E-state index is -4.98. The number of rotatable bonds is 5. The first-order chi connectivity index (χ1) is 14.7. The summed E-state index contributed by atoms with van der Waals surface area (Å²) in [5.41, 5.74) is 0.165. The molecule has 4 rings (SSSR count). The second-order valence-corrected chi connectivity index (χ2v) is 6.51. The Labute approximate surface area is 172 Å². The van der Waals surface area contributed by atoms with E-state index in [-0.39, 0.29) is 12.4 Å². The molecule has 31 heavy (non-hydrogen) atoms. The summed E-state index contributed by atoms with van der Waals surface area (Å²) >= 11 is 0. The van der Waals surface area contributed by atoms with Gasteiger partial charge >= 0.3 is 12.4 Å². The van der Waals surface area contributed by atoms with E-state index in [2.05, 4.69) is 15.4 Å². The maximum absolute atomic E-state index is 12.7. The number of carbonyl (C=O) groups is 3. The molecule has 2 heterocycles. The van der Waals surface area contributed by atoms with Crippen molar-refractivity contribution < 1.29 is 41.8 Å². The Morgan fingerprint density at radius 2 is 1.90 bits per heavy atom. The average molecular weight is 437 g/mol. The van der Waals surface area contributed by atoms with Crippen molar-refractivity contribution in [2.45, 2.75) is 12.4 Å². The van der Waals surface area contributed by atoms with Gasteiger partial charge in [-0.25, -0.2) is 4.79 Å². The summed E-state index contributed by atoms with van der Waals surface area (Å²) < 4.78 is 52.2. The fraction of sp³-hybridized carbons (Fsp3) is 0.211. The zero-order chi connectivity index (χ0) is 22.2. The van der Waals surface area contributed by atoms with Gasteiger partial charge in [-0.2, -0.15) is 0 Å². The lowest BCUT2D eigenvalue weighted by atomic mass is 10.1. The number of ether oxygens (including phenoxy) is 3. The highest BCUT2D eigenvalue weighted by molar-refractivity contribution is 6.08. The van der Waals surface area contributed by atoms with Crippen LogP contribution in [0, 0.1) is 0 Å². The number of urea groups is 1. The summed E-state index contributed by atoms with van der Waals surface area (Å²) in [4.78, 5) is 37.8. The van der Waals surface area contributed by atoms with Gasteiger partial charge in [-0.1, -0.05) is 18.2 Å². The Balaban J connectivity index is 1.46. The first-order valence-corrected chi connectivity index (χ1v) is 8.87. The topological polar surface area (TPSA) is 106 Å². The molecular formula is C19H14F3N3O6. The van der Waals surface area contributed by atoms with Crippen molar-refractivity contribution in [3.63, 3.8) is 0 Å². The first-order valence-electron chi connectivity index (χ1n) is 8.87. The molecule has 1 saturated heterocycles. The Hall–Kier alpha value is -3.96. The van der Waals surface area contributed by atoms with Crippen molar-refractivity contribution in [1.82, 2.24) is 10.2 Å². The molecule has 0 bridgehead atoms. The van der Waals surface area contributed by atoms with Crippen molar-refractivity contribution in [1.29, 1.82) is 0 Å². The van der Waals surface area contributed by atoms with Gasteiger partial charge in [0.1, 0.15) is 18.3 Å². The van der Waals surface area contributed by atoms with Gasteiger partial charge in [0.25, 0.3) is 5.91 Å². The predicted octanol–water partition coefficient (Wildman–Crippen LogP) is 2.55. The van der Waals surface area contributed by atoms with Gasteiger partial charge in [0.2, 0.25) is 12.7 Å². The quantitative estimate of drug-likeness (QED) is 0.697. The minimum absolute atomic E-state index is 0.0517. The summed E-state index contributed by atoms with van der Waals surface area (Å²) in [5.74, 6) is -1.27. The third kappa shape index (κ3) is 4.32. The summed E-state index contributed by atoms with van der Waals surface area (Å²) in [5, 5.41) is 4.79. The van der Waals surface area contributed by atoms with E-state index >= 15 is 0 Å². The molecule has 162 valence electrons. The molecule has 2 aliphatic heterocycles. The zero-order valence-electron chi connectivity index (χ0n) is 15.6. The second-order valence-electron chi connectivity index (χ2n) is 6.51. The number of imide groups is 1. The van der Waals surface area contributed by atoms with E-state index in [0.717, 1.165) is 6.07 Å². The largest absolute Gasteiger partial charge is 0.573 e. The van der Waals surface area contributed by atoms with Crippen LogP contribution in [-0.4, -0.2) is 42.4 Å². The highest BCUT2D eigenvalue weighted by atomic mass is 19.4. The normalized spacial score (nSPS) is 17.5. The number of carbonyl (C=O) groups excluding carboxylic acids is 3. The number of benzene rings is 2. The SMILES string of the molecule is O=C(CN1C(=O)NC(c2ccccc2OC(F)(F)F)C1=O)Nc1ccc2c(c1)OCO2. The Morgan fingerprint density at radius 1 is 1.16 bits per heavy atom. The Morgan fingerprint density at radius 3 is 2.68 bits per heavy atom. The lowest BCUT2D eigenvalue weighted by molar-refractivity contribution is -0.275. The monoisotopic (exact) mass is 437 g/mol. The van der Waals surface area contributed by atoms with Crippen LogP contribution in [-0.2, 0) is 9.59 Å². The second kappa shape index (κ2) is 7.70. The maximum Gasteiger partial charge on any atom is 0.573 e. The average Bonchev–Trinajstić information content (AvgIpc) is 3.26. The molecule has 2 N–H and O–H groups in total. The Kier molecular flexibility index (Phi) is 5.05. The minimum Gasteiger partial charge on any atom is -0.454 e. The number of anilines is 1. The molecule has 1 unspecified atom stereocenters. The molecule has 0 aromatic heterocycles. The highest BCUT2D eigenvalue weighted by Crippen LogP contribution is 2.35. The van der Waals surface area contributed by atoms with Gasteiger partial charge in [-0.15, -0.1) is 13.2 Å². The molecular weight excluding hydrogens is 423 g/mol. The Bertz CT molecular complexity index is 1060. The number of para-hydroxylation sites is 1. The van der Waals surface area contributed by atoms with Gasteiger partial charge in [0, 0.05) is 17.3 Å². The van der Waals surface area contributed by atoms with Crippen molar-refractivity contribution in [2.24, 2.45) is 0 Å². The fourth-order valence-electron chi connectivity index (χ4n) is 3.13. The molecule has 0 aliphatic carbocycles. The van der Waals surface area contributed by atoms with E-state index in [1.54, 1.807) is 12.1 Å². The number of nitrogens with one attached hydrogen (secondary N) is 2. The summed E-state index contributed by atoms with van der Waals surface area (Å²) in [6, 6.07) is 7.23. The standard InChI is InChI=1S/C19H14F3N3O6/c20-19(21,22)31-12-4-2-1-3-11(12)16-17(27)25(18(28)24-16)8-15(26)23-10-5-6-13-14(7-10)30-9-29-13/h1-7,16H,8-9H2,(H,23,26)(H,24,28). The molecule has 0 saturated carbocycles. The number of hydrogen-bond acceptors (Lipinski definition) is 6. The van der Waals surface area contributed by atoms with Crippen LogP contribution in [0.3, 0.4) is 0 Å².